The van der Waals surface area contributed by atoms with Gasteiger partial charge >= 0.3 is 0 Å². The summed E-state index contributed by atoms with van der Waals surface area (Å²) in [6.07, 6.45) is 0. The summed E-state index contributed by atoms with van der Waals surface area (Å²) in [6.45, 7) is 1.93. The van der Waals surface area contributed by atoms with Gasteiger partial charge in [0.2, 0.25) is 5.91 Å². The van der Waals surface area contributed by atoms with E-state index in [2.05, 4.69) is 5.32 Å². The average molecular weight is 276 g/mol. The number of rotatable bonds is 3. The van der Waals surface area contributed by atoms with Crippen LogP contribution in [0.3, 0.4) is 0 Å². The Morgan fingerprint density at radius 2 is 1.89 bits per heavy atom. The van der Waals surface area contributed by atoms with Crippen molar-refractivity contribution in [3.8, 4) is 0 Å². The van der Waals surface area contributed by atoms with Crippen LogP contribution in [-0.4, -0.2) is 5.91 Å². The molecule has 0 saturated heterocycles. The van der Waals surface area contributed by atoms with E-state index in [1.807, 2.05) is 19.1 Å². The minimum atomic E-state index is -0.490. The van der Waals surface area contributed by atoms with E-state index in [1.54, 1.807) is 24.3 Å². The van der Waals surface area contributed by atoms with Gasteiger partial charge in [0.05, 0.1) is 11.4 Å². The normalized spacial score (nSPS) is 10.2. The van der Waals surface area contributed by atoms with Crippen molar-refractivity contribution < 1.29 is 4.79 Å². The van der Waals surface area contributed by atoms with Gasteiger partial charge in [-0.2, -0.15) is 0 Å². The zero-order chi connectivity index (χ0) is 14.0. The molecule has 0 aliphatic rings. The highest BCUT2D eigenvalue weighted by atomic mass is 35.5. The summed E-state index contributed by atoms with van der Waals surface area (Å²) in [5, 5.41) is 3.84. The molecule has 0 heterocycles. The molecule has 98 valence electrons. The van der Waals surface area contributed by atoms with E-state index in [4.69, 9.17) is 23.1 Å². The molecule has 2 aromatic carbocycles. The Balaban J connectivity index is 2.37. The first-order chi connectivity index (χ1) is 8.97. The number of nitrogens with two attached hydrogens (primary N) is 2. The maximum atomic E-state index is 11.2. The third-order valence-electron chi connectivity index (χ3n) is 2.80. The molecule has 5 heteroatoms. The Morgan fingerprint density at radius 1 is 1.16 bits per heavy atom. The third kappa shape index (κ3) is 2.98. The molecule has 0 spiro atoms. The SMILES string of the molecule is Cc1cc(Cl)ccc1Nc1cc(C(N)=O)ccc1N. The quantitative estimate of drug-likeness (QED) is 0.753. The highest BCUT2D eigenvalue weighted by Gasteiger charge is 2.07. The smallest absolute Gasteiger partial charge is 0.248 e. The Morgan fingerprint density at radius 3 is 2.53 bits per heavy atom. The van der Waals surface area contributed by atoms with Crippen LogP contribution < -0.4 is 16.8 Å². The van der Waals surface area contributed by atoms with Crippen molar-refractivity contribution in [3.05, 3.63) is 52.5 Å². The summed E-state index contributed by atoms with van der Waals surface area (Å²) in [7, 11) is 0. The number of carbonyl (C=O) groups is 1. The van der Waals surface area contributed by atoms with Crippen molar-refractivity contribution in [1.29, 1.82) is 0 Å². The summed E-state index contributed by atoms with van der Waals surface area (Å²) >= 11 is 5.90. The predicted molar refractivity (Wildman–Crippen MR) is 78.8 cm³/mol. The van der Waals surface area contributed by atoms with Crippen LogP contribution in [0.25, 0.3) is 0 Å². The van der Waals surface area contributed by atoms with E-state index in [0.29, 0.717) is 22.0 Å². The molecular formula is C14H14ClN3O. The third-order valence-corrected chi connectivity index (χ3v) is 3.03. The minimum Gasteiger partial charge on any atom is -0.397 e. The van der Waals surface area contributed by atoms with Crippen molar-refractivity contribution in [1.82, 2.24) is 0 Å². The Hall–Kier alpha value is -2.20. The molecule has 0 radical (unpaired) electrons. The lowest BCUT2D eigenvalue weighted by Crippen LogP contribution is -2.11. The first kappa shape index (κ1) is 13.2. The number of nitrogens with one attached hydrogen (secondary N) is 1. The van der Waals surface area contributed by atoms with E-state index in [0.717, 1.165) is 11.3 Å². The number of carbonyl (C=O) groups excluding carboxylic acids is 1. The second-order valence-corrected chi connectivity index (χ2v) is 4.69. The van der Waals surface area contributed by atoms with Crippen molar-refractivity contribution in [3.63, 3.8) is 0 Å². The maximum absolute atomic E-state index is 11.2. The molecule has 0 aliphatic heterocycles. The highest BCUT2D eigenvalue weighted by molar-refractivity contribution is 6.30. The fourth-order valence-corrected chi connectivity index (χ4v) is 1.96. The molecule has 19 heavy (non-hydrogen) atoms. The lowest BCUT2D eigenvalue weighted by molar-refractivity contribution is 0.100. The van der Waals surface area contributed by atoms with Crippen LogP contribution in [0.5, 0.6) is 0 Å². The van der Waals surface area contributed by atoms with Gasteiger partial charge in [0.25, 0.3) is 0 Å². The van der Waals surface area contributed by atoms with E-state index < -0.39 is 5.91 Å². The number of aryl methyl sites for hydroxylation is 1. The van der Waals surface area contributed by atoms with Crippen LogP contribution in [0, 0.1) is 6.92 Å². The predicted octanol–water partition coefficient (Wildman–Crippen LogP) is 3.07. The molecule has 0 saturated carbocycles. The van der Waals surface area contributed by atoms with E-state index in [-0.39, 0.29) is 0 Å². The molecule has 0 fully saturated rings. The van der Waals surface area contributed by atoms with Gasteiger partial charge in [-0.15, -0.1) is 0 Å². The number of hydrogen-bond donors (Lipinski definition) is 3. The number of amides is 1. The van der Waals surface area contributed by atoms with Gasteiger partial charge < -0.3 is 16.8 Å². The number of benzene rings is 2. The van der Waals surface area contributed by atoms with E-state index in [1.165, 1.54) is 0 Å². The topological polar surface area (TPSA) is 81.1 Å². The van der Waals surface area contributed by atoms with Crippen molar-refractivity contribution in [2.24, 2.45) is 5.73 Å². The van der Waals surface area contributed by atoms with Crippen LogP contribution >= 0.6 is 11.6 Å². The molecule has 0 unspecified atom stereocenters. The van der Waals surface area contributed by atoms with Crippen molar-refractivity contribution in [2.75, 3.05) is 11.1 Å². The van der Waals surface area contributed by atoms with Gasteiger partial charge in [0.15, 0.2) is 0 Å². The van der Waals surface area contributed by atoms with Gasteiger partial charge in [0, 0.05) is 16.3 Å². The van der Waals surface area contributed by atoms with E-state index in [9.17, 15) is 4.79 Å². The second kappa shape index (κ2) is 5.20. The average Bonchev–Trinajstić information content (AvgIpc) is 2.34. The first-order valence-corrected chi connectivity index (χ1v) is 6.07. The zero-order valence-corrected chi connectivity index (χ0v) is 11.2. The standard InChI is InChI=1S/C14H14ClN3O/c1-8-6-10(15)3-5-12(8)18-13-7-9(14(17)19)2-4-11(13)16/h2-7,18H,16H2,1H3,(H2,17,19). The number of anilines is 3. The molecule has 0 aromatic heterocycles. The van der Waals surface area contributed by atoms with Crippen molar-refractivity contribution in [2.45, 2.75) is 6.92 Å². The summed E-state index contributed by atoms with van der Waals surface area (Å²) in [5.74, 6) is -0.490. The molecule has 1 amide bonds. The Labute approximate surface area is 116 Å². The molecule has 5 N–H and O–H groups in total. The second-order valence-electron chi connectivity index (χ2n) is 4.25. The monoisotopic (exact) mass is 275 g/mol. The first-order valence-electron chi connectivity index (χ1n) is 5.70. The number of primary amides is 1. The lowest BCUT2D eigenvalue weighted by Gasteiger charge is -2.12. The molecular weight excluding hydrogens is 262 g/mol. The molecule has 0 aliphatic carbocycles. The van der Waals surface area contributed by atoms with Crippen LogP contribution in [-0.2, 0) is 0 Å². The van der Waals surface area contributed by atoms with Crippen LogP contribution in [0.2, 0.25) is 5.02 Å². The van der Waals surface area contributed by atoms with Gasteiger partial charge in [0.1, 0.15) is 0 Å². The Bertz CT molecular complexity index is 641. The lowest BCUT2D eigenvalue weighted by atomic mass is 10.1. The summed E-state index contributed by atoms with van der Waals surface area (Å²) in [5.41, 5.74) is 14.6. The summed E-state index contributed by atoms with van der Waals surface area (Å²) in [6, 6.07) is 10.4. The van der Waals surface area contributed by atoms with Crippen LogP contribution in [0.4, 0.5) is 17.1 Å². The Kier molecular flexibility index (Phi) is 3.62. The van der Waals surface area contributed by atoms with Crippen molar-refractivity contribution >= 4 is 34.6 Å². The number of halogens is 1. The zero-order valence-electron chi connectivity index (χ0n) is 10.4. The summed E-state index contributed by atoms with van der Waals surface area (Å²) in [4.78, 5) is 11.2. The fraction of sp³-hybridized carbons (Fsp3) is 0.0714. The molecule has 0 bridgehead atoms. The molecule has 2 aromatic rings. The largest absolute Gasteiger partial charge is 0.397 e. The molecule has 4 nitrogen and oxygen atoms in total. The highest BCUT2D eigenvalue weighted by Crippen LogP contribution is 2.27. The number of hydrogen-bond acceptors (Lipinski definition) is 3. The maximum Gasteiger partial charge on any atom is 0.248 e. The van der Waals surface area contributed by atoms with Gasteiger partial charge in [-0.25, -0.2) is 0 Å². The van der Waals surface area contributed by atoms with E-state index >= 15 is 0 Å². The van der Waals surface area contributed by atoms with Gasteiger partial charge in [-0.3, -0.25) is 4.79 Å². The molecule has 2 rings (SSSR count). The van der Waals surface area contributed by atoms with Crippen LogP contribution in [0.1, 0.15) is 15.9 Å². The van der Waals surface area contributed by atoms with Gasteiger partial charge in [-0.05, 0) is 48.9 Å². The number of nitrogen functional groups attached to an aromatic ring is 1. The minimum absolute atomic E-state index is 0.406. The summed E-state index contributed by atoms with van der Waals surface area (Å²) < 4.78 is 0. The van der Waals surface area contributed by atoms with Crippen LogP contribution in [0.15, 0.2) is 36.4 Å². The molecule has 0 atom stereocenters. The fourth-order valence-electron chi connectivity index (χ4n) is 1.73. The van der Waals surface area contributed by atoms with Gasteiger partial charge in [-0.1, -0.05) is 11.6 Å².